The minimum atomic E-state index is -0.390. The van der Waals surface area contributed by atoms with Gasteiger partial charge in [-0.1, -0.05) is 48.7 Å². The van der Waals surface area contributed by atoms with Crippen LogP contribution >= 0.6 is 11.6 Å². The third-order valence-electron chi connectivity index (χ3n) is 5.44. The average molecular weight is 371 g/mol. The fraction of sp³-hybridized carbons (Fsp3) is 0.409. The van der Waals surface area contributed by atoms with Crippen molar-refractivity contribution in [2.24, 2.45) is 0 Å². The highest BCUT2D eigenvalue weighted by Gasteiger charge is 2.42. The van der Waals surface area contributed by atoms with Crippen molar-refractivity contribution in [2.75, 3.05) is 25.5 Å². The topological polar surface area (TPSA) is 32.3 Å². The van der Waals surface area contributed by atoms with Gasteiger partial charge >= 0.3 is 0 Å². The molecule has 0 radical (unpaired) electrons. The third-order valence-corrected chi connectivity index (χ3v) is 5.69. The highest BCUT2D eigenvalue weighted by molar-refractivity contribution is 6.30. The van der Waals surface area contributed by atoms with E-state index >= 15 is 0 Å². The van der Waals surface area contributed by atoms with Crippen LogP contribution in [0.15, 0.2) is 48.5 Å². The second kappa shape index (κ2) is 8.13. The van der Waals surface area contributed by atoms with E-state index in [0.29, 0.717) is 11.6 Å². The van der Waals surface area contributed by atoms with Crippen molar-refractivity contribution in [1.29, 1.82) is 0 Å². The lowest BCUT2D eigenvalue weighted by atomic mass is 9.78. The van der Waals surface area contributed by atoms with E-state index in [2.05, 4.69) is 34.5 Å². The van der Waals surface area contributed by atoms with E-state index in [4.69, 9.17) is 11.6 Å². The van der Waals surface area contributed by atoms with Gasteiger partial charge in [0.15, 0.2) is 0 Å². The minimum Gasteiger partial charge on any atom is -0.378 e. The summed E-state index contributed by atoms with van der Waals surface area (Å²) >= 11 is 6.02. The Morgan fingerprint density at radius 1 is 1.04 bits per heavy atom. The fourth-order valence-electron chi connectivity index (χ4n) is 3.84. The number of hydrogen-bond donors (Lipinski definition) is 1. The lowest BCUT2D eigenvalue weighted by Crippen LogP contribution is -2.43. The summed E-state index contributed by atoms with van der Waals surface area (Å²) in [6.07, 6.45) is 4.87. The SMILES string of the molecule is CN(C)c1ccc(CCNC(=O)C2(c3ccc(Cl)cc3)CCCC2)cc1. The van der Waals surface area contributed by atoms with E-state index < -0.39 is 0 Å². The molecule has 26 heavy (non-hydrogen) atoms. The number of amides is 1. The van der Waals surface area contributed by atoms with Crippen molar-refractivity contribution in [2.45, 2.75) is 37.5 Å². The quantitative estimate of drug-likeness (QED) is 0.807. The van der Waals surface area contributed by atoms with Crippen LogP contribution in [0.1, 0.15) is 36.8 Å². The van der Waals surface area contributed by atoms with Gasteiger partial charge in [-0.05, 0) is 54.7 Å². The summed E-state index contributed by atoms with van der Waals surface area (Å²) in [5, 5.41) is 3.89. The van der Waals surface area contributed by atoms with Gasteiger partial charge in [0, 0.05) is 31.4 Å². The summed E-state index contributed by atoms with van der Waals surface area (Å²) in [6.45, 7) is 0.662. The zero-order valence-electron chi connectivity index (χ0n) is 15.6. The fourth-order valence-corrected chi connectivity index (χ4v) is 3.97. The van der Waals surface area contributed by atoms with Crippen LogP contribution in [0.3, 0.4) is 0 Å². The largest absolute Gasteiger partial charge is 0.378 e. The Bertz CT molecular complexity index is 732. The van der Waals surface area contributed by atoms with Gasteiger partial charge in [0.05, 0.1) is 5.41 Å². The van der Waals surface area contributed by atoms with E-state index in [1.54, 1.807) is 0 Å². The number of rotatable bonds is 6. The first kappa shape index (κ1) is 18.8. The van der Waals surface area contributed by atoms with Crippen molar-refractivity contribution in [1.82, 2.24) is 5.32 Å². The molecule has 1 saturated carbocycles. The maximum absolute atomic E-state index is 13.0. The molecular formula is C22H27ClN2O. The average Bonchev–Trinajstić information content (AvgIpc) is 3.14. The molecule has 1 amide bonds. The number of carbonyl (C=O) groups is 1. The molecule has 0 atom stereocenters. The van der Waals surface area contributed by atoms with Crippen molar-refractivity contribution >= 4 is 23.2 Å². The van der Waals surface area contributed by atoms with E-state index in [1.807, 2.05) is 38.4 Å². The molecule has 1 aliphatic carbocycles. The number of hydrogen-bond acceptors (Lipinski definition) is 2. The highest BCUT2D eigenvalue weighted by Crippen LogP contribution is 2.41. The van der Waals surface area contributed by atoms with Crippen LogP contribution in [0.25, 0.3) is 0 Å². The monoisotopic (exact) mass is 370 g/mol. The molecule has 0 aromatic heterocycles. The molecular weight excluding hydrogens is 344 g/mol. The van der Waals surface area contributed by atoms with Gasteiger partial charge < -0.3 is 10.2 Å². The Morgan fingerprint density at radius 3 is 2.23 bits per heavy atom. The van der Waals surface area contributed by atoms with Gasteiger partial charge in [-0.2, -0.15) is 0 Å². The van der Waals surface area contributed by atoms with Crippen molar-refractivity contribution in [3.05, 3.63) is 64.7 Å². The van der Waals surface area contributed by atoms with Crippen LogP contribution in [0.5, 0.6) is 0 Å². The second-order valence-electron chi connectivity index (χ2n) is 7.36. The van der Waals surface area contributed by atoms with Crippen molar-refractivity contribution in [3.8, 4) is 0 Å². The van der Waals surface area contributed by atoms with Gasteiger partial charge in [0.2, 0.25) is 5.91 Å². The summed E-state index contributed by atoms with van der Waals surface area (Å²) in [5.41, 5.74) is 3.12. The number of halogens is 1. The zero-order chi connectivity index (χ0) is 18.6. The molecule has 2 aromatic rings. The smallest absolute Gasteiger partial charge is 0.230 e. The maximum atomic E-state index is 13.0. The molecule has 0 saturated heterocycles. The summed E-state index contributed by atoms with van der Waals surface area (Å²) in [6, 6.07) is 16.3. The third kappa shape index (κ3) is 4.04. The summed E-state index contributed by atoms with van der Waals surface area (Å²) < 4.78 is 0. The molecule has 1 N–H and O–H groups in total. The molecule has 0 bridgehead atoms. The lowest BCUT2D eigenvalue weighted by molar-refractivity contribution is -0.126. The summed E-state index contributed by atoms with van der Waals surface area (Å²) in [7, 11) is 4.07. The van der Waals surface area contributed by atoms with Crippen LogP contribution in [0.4, 0.5) is 5.69 Å². The van der Waals surface area contributed by atoms with Crippen LogP contribution in [0.2, 0.25) is 5.02 Å². The molecule has 1 fully saturated rings. The van der Waals surface area contributed by atoms with E-state index in [-0.39, 0.29) is 11.3 Å². The predicted molar refractivity (Wildman–Crippen MR) is 109 cm³/mol. The molecule has 0 heterocycles. The van der Waals surface area contributed by atoms with Crippen molar-refractivity contribution in [3.63, 3.8) is 0 Å². The number of carbonyl (C=O) groups excluding carboxylic acids is 1. The molecule has 3 nitrogen and oxygen atoms in total. The highest BCUT2D eigenvalue weighted by atomic mass is 35.5. The van der Waals surface area contributed by atoms with E-state index in [1.165, 1.54) is 11.3 Å². The molecule has 3 rings (SSSR count). The second-order valence-corrected chi connectivity index (χ2v) is 7.80. The normalized spacial score (nSPS) is 15.7. The molecule has 0 spiro atoms. The van der Waals surface area contributed by atoms with Gasteiger partial charge in [-0.25, -0.2) is 0 Å². The summed E-state index contributed by atoms with van der Waals surface area (Å²) in [5.74, 6) is 0.155. The molecule has 0 unspecified atom stereocenters. The van der Waals surface area contributed by atoms with E-state index in [9.17, 15) is 4.79 Å². The standard InChI is InChI=1S/C22H27ClN2O/c1-25(2)20-11-5-17(6-12-20)13-16-24-21(26)22(14-3-4-15-22)18-7-9-19(23)10-8-18/h5-12H,3-4,13-16H2,1-2H3,(H,24,26). The van der Waals surface area contributed by atoms with Crippen LogP contribution in [0, 0.1) is 0 Å². The van der Waals surface area contributed by atoms with Crippen LogP contribution < -0.4 is 10.2 Å². The van der Waals surface area contributed by atoms with Crippen LogP contribution in [-0.4, -0.2) is 26.5 Å². The van der Waals surface area contributed by atoms with Gasteiger partial charge in [0.1, 0.15) is 0 Å². The Labute approximate surface area is 161 Å². The first-order valence-electron chi connectivity index (χ1n) is 9.32. The Hall–Kier alpha value is -2.00. The Morgan fingerprint density at radius 2 is 1.65 bits per heavy atom. The van der Waals surface area contributed by atoms with Gasteiger partial charge in [-0.15, -0.1) is 0 Å². The van der Waals surface area contributed by atoms with E-state index in [0.717, 1.165) is 37.7 Å². The molecule has 2 aromatic carbocycles. The number of nitrogens with one attached hydrogen (secondary N) is 1. The molecule has 0 aliphatic heterocycles. The number of benzene rings is 2. The van der Waals surface area contributed by atoms with Crippen molar-refractivity contribution < 1.29 is 4.79 Å². The number of anilines is 1. The number of nitrogens with zero attached hydrogens (tertiary/aromatic N) is 1. The molecule has 138 valence electrons. The summed E-state index contributed by atoms with van der Waals surface area (Å²) in [4.78, 5) is 15.1. The van der Waals surface area contributed by atoms with Crippen LogP contribution in [-0.2, 0) is 16.6 Å². The van der Waals surface area contributed by atoms with Gasteiger partial charge in [-0.3, -0.25) is 4.79 Å². The Balaban J connectivity index is 1.63. The first-order chi connectivity index (χ1) is 12.5. The van der Waals surface area contributed by atoms with Gasteiger partial charge in [0.25, 0.3) is 0 Å². The minimum absolute atomic E-state index is 0.155. The lowest BCUT2D eigenvalue weighted by Gasteiger charge is -2.28. The molecule has 1 aliphatic rings. The molecule has 4 heteroatoms. The predicted octanol–water partition coefficient (Wildman–Crippen LogP) is 4.58. The Kier molecular flexibility index (Phi) is 5.87. The first-order valence-corrected chi connectivity index (χ1v) is 9.70. The maximum Gasteiger partial charge on any atom is 0.230 e. The zero-order valence-corrected chi connectivity index (χ0v) is 16.4.